The number of aliphatic imine (C=N–C) groups is 1. The van der Waals surface area contributed by atoms with Crippen molar-refractivity contribution in [2.45, 2.75) is 25.2 Å². The lowest BCUT2D eigenvalue weighted by Crippen LogP contribution is -2.07. The summed E-state index contributed by atoms with van der Waals surface area (Å²) in [6.45, 7) is 0. The minimum atomic E-state index is 0.105. The predicted octanol–water partition coefficient (Wildman–Crippen LogP) is 0.736. The first-order chi connectivity index (χ1) is 3.39. The van der Waals surface area contributed by atoms with Crippen molar-refractivity contribution in [2.24, 2.45) is 4.99 Å². The molecular formula is C5H8BN. The van der Waals surface area contributed by atoms with E-state index in [-0.39, 0.29) is 5.94 Å². The summed E-state index contributed by atoms with van der Waals surface area (Å²) in [7, 11) is 5.44. The topological polar surface area (TPSA) is 12.4 Å². The van der Waals surface area contributed by atoms with E-state index in [0.717, 1.165) is 12.8 Å². The Morgan fingerprint density at radius 2 is 2.57 bits per heavy atom. The monoisotopic (exact) mass is 93.1 g/mol. The van der Waals surface area contributed by atoms with Gasteiger partial charge in [0.15, 0.2) is 0 Å². The van der Waals surface area contributed by atoms with Gasteiger partial charge < -0.3 is 4.99 Å². The molecule has 0 saturated heterocycles. The zero-order valence-electron chi connectivity index (χ0n) is 4.30. The van der Waals surface area contributed by atoms with Gasteiger partial charge in [-0.05, 0) is 25.5 Å². The van der Waals surface area contributed by atoms with Crippen LogP contribution in [0.25, 0.3) is 0 Å². The summed E-state index contributed by atoms with van der Waals surface area (Å²) in [6, 6.07) is 0. The molecule has 0 aromatic heterocycles. The Morgan fingerprint density at radius 1 is 1.71 bits per heavy atom. The van der Waals surface area contributed by atoms with Gasteiger partial charge in [0.2, 0.25) is 0 Å². The lowest BCUT2D eigenvalue weighted by molar-refractivity contribution is 0.704. The summed E-state index contributed by atoms with van der Waals surface area (Å²) in [6.07, 6.45) is 5.31. The predicted molar refractivity (Wildman–Crippen MR) is 31.9 cm³/mol. The molecular weight excluding hydrogens is 84.9 g/mol. The molecule has 1 aliphatic rings. The van der Waals surface area contributed by atoms with Crippen LogP contribution in [0.15, 0.2) is 4.99 Å². The van der Waals surface area contributed by atoms with Gasteiger partial charge in [0.1, 0.15) is 7.85 Å². The van der Waals surface area contributed by atoms with E-state index in [1.54, 1.807) is 0 Å². The van der Waals surface area contributed by atoms with E-state index in [9.17, 15) is 0 Å². The van der Waals surface area contributed by atoms with Crippen molar-refractivity contribution in [1.82, 2.24) is 0 Å². The van der Waals surface area contributed by atoms with Crippen molar-refractivity contribution in [1.29, 1.82) is 0 Å². The second-order valence-corrected chi connectivity index (χ2v) is 1.83. The number of nitrogens with zero attached hydrogens (tertiary/aromatic N) is 1. The Morgan fingerprint density at radius 3 is 2.86 bits per heavy atom. The van der Waals surface area contributed by atoms with Crippen LogP contribution in [0, 0.1) is 0 Å². The Kier molecular flexibility index (Phi) is 1.50. The van der Waals surface area contributed by atoms with Crippen LogP contribution >= 0.6 is 0 Å². The molecule has 1 nitrogen and oxygen atoms in total. The van der Waals surface area contributed by atoms with E-state index in [1.165, 1.54) is 6.42 Å². The Hall–Kier alpha value is -0.265. The molecule has 2 radical (unpaired) electrons. The summed E-state index contributed by atoms with van der Waals surface area (Å²) in [5, 5.41) is 0. The molecule has 36 valence electrons. The van der Waals surface area contributed by atoms with Crippen LogP contribution in [0.4, 0.5) is 0 Å². The maximum atomic E-state index is 5.44. The van der Waals surface area contributed by atoms with Crippen LogP contribution in [0.2, 0.25) is 0 Å². The van der Waals surface area contributed by atoms with Gasteiger partial charge in [-0.25, -0.2) is 0 Å². The fourth-order valence-electron chi connectivity index (χ4n) is 0.703. The highest BCUT2D eigenvalue weighted by molar-refractivity contribution is 6.12. The van der Waals surface area contributed by atoms with Crippen molar-refractivity contribution < 1.29 is 0 Å². The van der Waals surface area contributed by atoms with Crippen LogP contribution in [0.5, 0.6) is 0 Å². The average Bonchev–Trinajstić information content (AvgIpc) is 1.69. The van der Waals surface area contributed by atoms with Gasteiger partial charge in [0.05, 0.1) is 0 Å². The zero-order valence-corrected chi connectivity index (χ0v) is 4.30. The molecule has 1 atom stereocenters. The summed E-state index contributed by atoms with van der Waals surface area (Å²) in [5.41, 5.74) is 0. The average molecular weight is 92.9 g/mol. The van der Waals surface area contributed by atoms with Gasteiger partial charge in [-0.3, -0.25) is 0 Å². The van der Waals surface area contributed by atoms with Gasteiger partial charge in [-0.15, -0.1) is 0 Å². The Labute approximate surface area is 45.2 Å². The molecule has 0 N–H and O–H groups in total. The van der Waals surface area contributed by atoms with Crippen molar-refractivity contribution >= 4 is 14.1 Å². The molecule has 0 aromatic rings. The second kappa shape index (κ2) is 2.15. The first kappa shape index (κ1) is 4.88. The van der Waals surface area contributed by atoms with E-state index in [1.807, 2.05) is 6.21 Å². The summed E-state index contributed by atoms with van der Waals surface area (Å²) in [4.78, 5) is 3.98. The van der Waals surface area contributed by atoms with E-state index in [0.29, 0.717) is 0 Å². The third kappa shape index (κ3) is 1.34. The molecule has 0 spiro atoms. The fraction of sp³-hybridized carbons (Fsp3) is 0.800. The van der Waals surface area contributed by atoms with E-state index < -0.39 is 0 Å². The minimum absolute atomic E-state index is 0.105. The molecule has 0 saturated carbocycles. The van der Waals surface area contributed by atoms with Crippen molar-refractivity contribution in [2.75, 3.05) is 0 Å². The van der Waals surface area contributed by atoms with Crippen LogP contribution in [-0.2, 0) is 0 Å². The first-order valence-corrected chi connectivity index (χ1v) is 2.67. The molecule has 1 heterocycles. The summed E-state index contributed by atoms with van der Waals surface area (Å²) < 4.78 is 0. The van der Waals surface area contributed by atoms with Gasteiger partial charge >= 0.3 is 0 Å². The molecule has 1 aliphatic heterocycles. The van der Waals surface area contributed by atoms with Crippen LogP contribution < -0.4 is 0 Å². The molecule has 7 heavy (non-hydrogen) atoms. The Balaban J connectivity index is 2.36. The minimum Gasteiger partial charge on any atom is -0.304 e. The highest BCUT2D eigenvalue weighted by atomic mass is 14.7. The normalized spacial score (nSPS) is 30.6. The third-order valence-corrected chi connectivity index (χ3v) is 1.13. The highest BCUT2D eigenvalue weighted by Crippen LogP contribution is 2.04. The van der Waals surface area contributed by atoms with Gasteiger partial charge in [0, 0.05) is 5.94 Å². The van der Waals surface area contributed by atoms with Gasteiger partial charge in [0.25, 0.3) is 0 Å². The zero-order chi connectivity index (χ0) is 5.11. The van der Waals surface area contributed by atoms with Crippen molar-refractivity contribution in [3.63, 3.8) is 0 Å². The lowest BCUT2D eigenvalue weighted by Gasteiger charge is -2.08. The van der Waals surface area contributed by atoms with Crippen LogP contribution in [0.1, 0.15) is 19.3 Å². The van der Waals surface area contributed by atoms with Crippen LogP contribution in [0.3, 0.4) is 0 Å². The third-order valence-electron chi connectivity index (χ3n) is 1.13. The SMILES string of the molecule is [B]C1CCCC=N1. The standard InChI is InChI=1S/C5H8BN/c6-5-3-1-2-4-7-5/h4-5H,1-3H2. The van der Waals surface area contributed by atoms with Crippen LogP contribution in [-0.4, -0.2) is 20.0 Å². The van der Waals surface area contributed by atoms with Gasteiger partial charge in [-0.1, -0.05) is 0 Å². The molecule has 1 rings (SSSR count). The first-order valence-electron chi connectivity index (χ1n) is 2.67. The van der Waals surface area contributed by atoms with E-state index >= 15 is 0 Å². The second-order valence-electron chi connectivity index (χ2n) is 1.83. The maximum Gasteiger partial charge on any atom is 0.102 e. The molecule has 0 aliphatic carbocycles. The Bertz CT molecular complexity index is 80.1. The summed E-state index contributed by atoms with van der Waals surface area (Å²) in [5.74, 6) is 0.105. The molecule has 0 bridgehead atoms. The maximum absolute atomic E-state index is 5.44. The lowest BCUT2D eigenvalue weighted by atomic mass is 9.90. The molecule has 1 unspecified atom stereocenters. The van der Waals surface area contributed by atoms with Crippen molar-refractivity contribution in [3.8, 4) is 0 Å². The number of rotatable bonds is 0. The largest absolute Gasteiger partial charge is 0.304 e. The highest BCUT2D eigenvalue weighted by Gasteiger charge is 1.99. The molecule has 0 aromatic carbocycles. The molecule has 0 amide bonds. The molecule has 0 fully saturated rings. The summed E-state index contributed by atoms with van der Waals surface area (Å²) >= 11 is 0. The van der Waals surface area contributed by atoms with E-state index in [4.69, 9.17) is 7.85 Å². The van der Waals surface area contributed by atoms with Gasteiger partial charge in [-0.2, -0.15) is 0 Å². The number of hydrogen-bond donors (Lipinski definition) is 0. The number of hydrogen-bond acceptors (Lipinski definition) is 1. The quantitative estimate of drug-likeness (QED) is 0.391. The smallest absolute Gasteiger partial charge is 0.102 e. The fourth-order valence-corrected chi connectivity index (χ4v) is 0.703. The molecule has 2 heteroatoms. The van der Waals surface area contributed by atoms with E-state index in [2.05, 4.69) is 4.99 Å². The van der Waals surface area contributed by atoms with Crippen molar-refractivity contribution in [3.05, 3.63) is 0 Å².